The molecule has 0 fully saturated rings. The lowest BCUT2D eigenvalue weighted by Gasteiger charge is -2.20. The van der Waals surface area contributed by atoms with E-state index in [1.54, 1.807) is 0 Å². The quantitative estimate of drug-likeness (QED) is 0.707. The molecule has 0 aliphatic rings. The van der Waals surface area contributed by atoms with Crippen molar-refractivity contribution in [3.8, 4) is 0 Å². The molecule has 1 aromatic rings. The maximum atomic E-state index is 12.5. The third-order valence-electron chi connectivity index (χ3n) is 2.53. The van der Waals surface area contributed by atoms with Crippen LogP contribution in [0.5, 0.6) is 0 Å². The third-order valence-corrected chi connectivity index (χ3v) is 5.59. The number of sulfonamides is 1. The minimum atomic E-state index is -3.76. The van der Waals surface area contributed by atoms with Gasteiger partial charge in [-0.2, -0.15) is 4.31 Å². The average molecular weight is 385 g/mol. The summed E-state index contributed by atoms with van der Waals surface area (Å²) in [6.45, 7) is 1.75. The summed E-state index contributed by atoms with van der Waals surface area (Å²) >= 11 is 9.03. The Kier molecular flexibility index (Phi) is 6.44. The van der Waals surface area contributed by atoms with Crippen LogP contribution in [0.4, 0.5) is 0 Å². The molecule has 0 aliphatic carbocycles. The molecule has 0 spiro atoms. The molecule has 0 unspecified atom stereocenters. The van der Waals surface area contributed by atoms with Crippen molar-refractivity contribution in [2.45, 2.75) is 18.2 Å². The monoisotopic (exact) mass is 383 g/mol. The zero-order valence-electron chi connectivity index (χ0n) is 11.1. The number of methoxy groups -OCH3 is 1. The molecule has 0 N–H and O–H groups in total. The Bertz CT molecular complexity index is 591. The Morgan fingerprint density at radius 1 is 1.45 bits per heavy atom. The molecule has 1 aromatic carbocycles. The summed E-state index contributed by atoms with van der Waals surface area (Å²) in [7, 11) is -2.54. The topological polar surface area (TPSA) is 63.7 Å². The van der Waals surface area contributed by atoms with Crippen LogP contribution in [-0.2, 0) is 19.6 Å². The second-order valence-corrected chi connectivity index (χ2v) is 7.19. The maximum Gasteiger partial charge on any atom is 0.321 e. The number of benzene rings is 1. The van der Waals surface area contributed by atoms with Gasteiger partial charge in [0.15, 0.2) is 0 Å². The van der Waals surface area contributed by atoms with Gasteiger partial charge >= 0.3 is 5.97 Å². The number of carbonyl (C=O) groups is 1. The fraction of sp³-hybridized carbons (Fsp3) is 0.417. The SMILES string of the molecule is CCCN(CC(=O)OC)S(=O)(=O)c1ccc(Cl)c(Br)c1. The minimum absolute atomic E-state index is 0.0751. The van der Waals surface area contributed by atoms with Gasteiger partial charge in [-0.05, 0) is 40.5 Å². The summed E-state index contributed by atoms with van der Waals surface area (Å²) in [4.78, 5) is 11.4. The molecule has 0 amide bonds. The van der Waals surface area contributed by atoms with Gasteiger partial charge in [-0.3, -0.25) is 4.79 Å². The minimum Gasteiger partial charge on any atom is -0.468 e. The summed E-state index contributed by atoms with van der Waals surface area (Å²) in [5, 5.41) is 0.416. The van der Waals surface area contributed by atoms with Crippen LogP contribution in [0.2, 0.25) is 5.02 Å². The number of hydrogen-bond acceptors (Lipinski definition) is 4. The van der Waals surface area contributed by atoms with Crippen LogP contribution in [-0.4, -0.2) is 38.9 Å². The van der Waals surface area contributed by atoms with Gasteiger partial charge in [0, 0.05) is 11.0 Å². The van der Waals surface area contributed by atoms with E-state index in [2.05, 4.69) is 20.7 Å². The molecular weight excluding hydrogens is 370 g/mol. The molecule has 5 nitrogen and oxygen atoms in total. The van der Waals surface area contributed by atoms with Gasteiger partial charge in [-0.1, -0.05) is 18.5 Å². The van der Waals surface area contributed by atoms with E-state index >= 15 is 0 Å². The number of halogens is 2. The van der Waals surface area contributed by atoms with Crippen molar-refractivity contribution >= 4 is 43.5 Å². The van der Waals surface area contributed by atoms with E-state index in [-0.39, 0.29) is 18.0 Å². The zero-order valence-corrected chi connectivity index (χ0v) is 14.3. The van der Waals surface area contributed by atoms with Crippen molar-refractivity contribution in [3.05, 3.63) is 27.7 Å². The molecule has 0 heterocycles. The Balaban J connectivity index is 3.14. The van der Waals surface area contributed by atoms with E-state index < -0.39 is 16.0 Å². The number of rotatable bonds is 6. The van der Waals surface area contributed by atoms with E-state index in [0.29, 0.717) is 15.9 Å². The smallest absolute Gasteiger partial charge is 0.321 e. The van der Waals surface area contributed by atoms with Crippen LogP contribution in [0.1, 0.15) is 13.3 Å². The molecule has 20 heavy (non-hydrogen) atoms. The number of hydrogen-bond donors (Lipinski definition) is 0. The Labute approximate surface area is 132 Å². The van der Waals surface area contributed by atoms with Crippen molar-refractivity contribution in [2.75, 3.05) is 20.2 Å². The molecular formula is C12H15BrClNO4S. The summed E-state index contributed by atoms with van der Waals surface area (Å²) in [5.74, 6) is -0.602. The number of esters is 1. The van der Waals surface area contributed by atoms with E-state index in [1.165, 1.54) is 25.3 Å². The first-order valence-electron chi connectivity index (χ1n) is 5.85. The van der Waals surface area contributed by atoms with E-state index in [9.17, 15) is 13.2 Å². The highest BCUT2D eigenvalue weighted by molar-refractivity contribution is 9.10. The van der Waals surface area contributed by atoms with Gasteiger partial charge in [0.25, 0.3) is 0 Å². The molecule has 8 heteroatoms. The highest BCUT2D eigenvalue weighted by Gasteiger charge is 2.26. The van der Waals surface area contributed by atoms with Crippen LogP contribution in [0.3, 0.4) is 0 Å². The Hall–Kier alpha value is -0.630. The van der Waals surface area contributed by atoms with Gasteiger partial charge in [0.2, 0.25) is 10.0 Å². The first-order chi connectivity index (χ1) is 9.32. The van der Waals surface area contributed by atoms with Crippen LogP contribution in [0.15, 0.2) is 27.6 Å². The van der Waals surface area contributed by atoms with Crippen LogP contribution < -0.4 is 0 Å². The molecule has 0 aliphatic heterocycles. The maximum absolute atomic E-state index is 12.5. The zero-order chi connectivity index (χ0) is 15.3. The molecule has 0 saturated heterocycles. The second kappa shape index (κ2) is 7.40. The van der Waals surface area contributed by atoms with Gasteiger partial charge < -0.3 is 4.74 Å². The Morgan fingerprint density at radius 3 is 2.60 bits per heavy atom. The lowest BCUT2D eigenvalue weighted by molar-refractivity contribution is -0.140. The fourth-order valence-corrected chi connectivity index (χ4v) is 3.68. The lowest BCUT2D eigenvalue weighted by atomic mass is 10.4. The summed E-state index contributed by atoms with van der Waals surface area (Å²) in [6, 6.07) is 4.31. The molecule has 0 aromatic heterocycles. The largest absolute Gasteiger partial charge is 0.468 e. The molecule has 0 saturated carbocycles. The van der Waals surface area contributed by atoms with Crippen LogP contribution in [0, 0.1) is 0 Å². The predicted molar refractivity (Wildman–Crippen MR) is 80.2 cm³/mol. The lowest BCUT2D eigenvalue weighted by Crippen LogP contribution is -2.36. The van der Waals surface area contributed by atoms with Crippen molar-refractivity contribution in [1.82, 2.24) is 4.31 Å². The van der Waals surface area contributed by atoms with Gasteiger partial charge in [-0.15, -0.1) is 0 Å². The fourth-order valence-electron chi connectivity index (χ4n) is 1.53. The van der Waals surface area contributed by atoms with Crippen molar-refractivity contribution in [3.63, 3.8) is 0 Å². The van der Waals surface area contributed by atoms with Crippen molar-refractivity contribution in [2.24, 2.45) is 0 Å². The average Bonchev–Trinajstić information content (AvgIpc) is 2.40. The summed E-state index contributed by atoms with van der Waals surface area (Å²) in [5.41, 5.74) is 0. The van der Waals surface area contributed by atoms with Crippen molar-refractivity contribution in [1.29, 1.82) is 0 Å². The first kappa shape index (κ1) is 17.4. The normalized spacial score (nSPS) is 11.7. The van der Waals surface area contributed by atoms with Gasteiger partial charge in [0.1, 0.15) is 6.54 Å². The van der Waals surface area contributed by atoms with Gasteiger partial charge in [-0.25, -0.2) is 8.42 Å². The molecule has 0 bridgehead atoms. The molecule has 0 radical (unpaired) electrons. The Morgan fingerprint density at radius 2 is 2.10 bits per heavy atom. The number of carbonyl (C=O) groups excluding carboxylic acids is 1. The standard InChI is InChI=1S/C12H15BrClNO4S/c1-3-6-15(8-12(16)19-2)20(17,18)9-4-5-11(14)10(13)7-9/h4-5,7H,3,6,8H2,1-2H3. The van der Waals surface area contributed by atoms with Crippen LogP contribution >= 0.6 is 27.5 Å². The highest BCUT2D eigenvalue weighted by atomic mass is 79.9. The summed E-state index contributed by atoms with van der Waals surface area (Å²) in [6.07, 6.45) is 0.588. The van der Waals surface area contributed by atoms with Crippen molar-refractivity contribution < 1.29 is 17.9 Å². The molecule has 0 atom stereocenters. The van der Waals surface area contributed by atoms with Crippen LogP contribution in [0.25, 0.3) is 0 Å². The van der Waals surface area contributed by atoms with Gasteiger partial charge in [0.05, 0.1) is 17.0 Å². The summed E-state index contributed by atoms with van der Waals surface area (Å²) < 4.78 is 31.1. The number of nitrogens with zero attached hydrogens (tertiary/aromatic N) is 1. The molecule has 112 valence electrons. The molecule has 1 rings (SSSR count). The predicted octanol–water partition coefficient (Wildman–Crippen LogP) is 2.68. The van der Waals surface area contributed by atoms with E-state index in [4.69, 9.17) is 11.6 Å². The highest BCUT2D eigenvalue weighted by Crippen LogP contribution is 2.27. The first-order valence-corrected chi connectivity index (χ1v) is 8.46. The number of ether oxygens (including phenoxy) is 1. The van der Waals surface area contributed by atoms with E-state index in [0.717, 1.165) is 4.31 Å². The second-order valence-electron chi connectivity index (χ2n) is 3.99. The third kappa shape index (κ3) is 4.18. The van der Waals surface area contributed by atoms with E-state index in [1.807, 2.05) is 6.92 Å².